The first-order valence-corrected chi connectivity index (χ1v) is 9.16. The number of rotatable bonds is 5. The molecule has 1 aliphatic rings. The van der Waals surface area contributed by atoms with E-state index in [0.29, 0.717) is 27.2 Å². The number of amides is 2. The van der Waals surface area contributed by atoms with Gasteiger partial charge >= 0.3 is 0 Å². The molecule has 0 atom stereocenters. The fraction of sp³-hybridized carbons (Fsp3) is 0.200. The van der Waals surface area contributed by atoms with E-state index < -0.39 is 11.8 Å². The summed E-state index contributed by atoms with van der Waals surface area (Å²) < 4.78 is 11.8. The highest BCUT2D eigenvalue weighted by Crippen LogP contribution is 2.38. The van der Waals surface area contributed by atoms with Crippen LogP contribution in [0.2, 0.25) is 0 Å². The van der Waals surface area contributed by atoms with Gasteiger partial charge in [0.15, 0.2) is 11.5 Å². The summed E-state index contributed by atoms with van der Waals surface area (Å²) in [4.78, 5) is 25.0. The Morgan fingerprint density at radius 1 is 1.15 bits per heavy atom. The van der Waals surface area contributed by atoms with Gasteiger partial charge < -0.3 is 9.47 Å². The van der Waals surface area contributed by atoms with Crippen molar-refractivity contribution in [1.29, 1.82) is 0 Å². The quantitative estimate of drug-likeness (QED) is 0.579. The van der Waals surface area contributed by atoms with Crippen LogP contribution < -0.4 is 19.9 Å². The van der Waals surface area contributed by atoms with E-state index in [4.69, 9.17) is 9.47 Å². The zero-order valence-electron chi connectivity index (χ0n) is 15.2. The van der Waals surface area contributed by atoms with Gasteiger partial charge in [-0.3, -0.25) is 15.0 Å². The number of carbonyl (C=O) groups excluding carboxylic acids is 2. The molecule has 0 radical (unpaired) electrons. The number of nitrogens with one attached hydrogen (secondary N) is 1. The van der Waals surface area contributed by atoms with Crippen molar-refractivity contribution in [1.82, 2.24) is 5.43 Å². The van der Waals surface area contributed by atoms with Crippen LogP contribution in [0, 0.1) is 0 Å². The van der Waals surface area contributed by atoms with Crippen LogP contribution in [0.25, 0.3) is 6.08 Å². The molecule has 7 heteroatoms. The Morgan fingerprint density at radius 3 is 2.48 bits per heavy atom. The van der Waals surface area contributed by atoms with Crippen molar-refractivity contribution in [3.05, 3.63) is 58.1 Å². The molecular formula is C20H19BrN2O4. The van der Waals surface area contributed by atoms with Gasteiger partial charge in [0.25, 0.3) is 11.8 Å². The van der Waals surface area contributed by atoms with Gasteiger partial charge in [-0.05, 0) is 65.7 Å². The Labute approximate surface area is 165 Å². The van der Waals surface area contributed by atoms with Crippen LogP contribution >= 0.6 is 15.9 Å². The van der Waals surface area contributed by atoms with Crippen LogP contribution in [0.15, 0.2) is 52.5 Å². The molecule has 1 heterocycles. The summed E-state index contributed by atoms with van der Waals surface area (Å²) in [5, 5.41) is 1.23. The number of ether oxygens (including phenoxy) is 2. The minimum absolute atomic E-state index is 0.0268. The van der Waals surface area contributed by atoms with E-state index in [2.05, 4.69) is 21.4 Å². The smallest absolute Gasteiger partial charge is 0.282 e. The highest BCUT2D eigenvalue weighted by molar-refractivity contribution is 9.10. The molecule has 0 spiro atoms. The molecule has 0 bridgehead atoms. The van der Waals surface area contributed by atoms with Crippen LogP contribution in [-0.2, 0) is 9.59 Å². The summed E-state index contributed by atoms with van der Waals surface area (Å²) in [6, 6.07) is 12.4. The maximum Gasteiger partial charge on any atom is 0.282 e. The fourth-order valence-electron chi connectivity index (χ4n) is 2.66. The summed E-state index contributed by atoms with van der Waals surface area (Å²) in [6.45, 7) is 3.84. The van der Waals surface area contributed by atoms with Gasteiger partial charge in [-0.1, -0.05) is 18.2 Å². The van der Waals surface area contributed by atoms with Crippen molar-refractivity contribution in [3.8, 4) is 11.5 Å². The van der Waals surface area contributed by atoms with E-state index in [9.17, 15) is 9.59 Å². The van der Waals surface area contributed by atoms with Gasteiger partial charge in [-0.2, -0.15) is 0 Å². The van der Waals surface area contributed by atoms with E-state index in [0.717, 1.165) is 0 Å². The van der Waals surface area contributed by atoms with Crippen LogP contribution in [-0.4, -0.2) is 25.0 Å². The van der Waals surface area contributed by atoms with E-state index in [1.807, 2.05) is 19.9 Å². The molecule has 6 nitrogen and oxygen atoms in total. The van der Waals surface area contributed by atoms with Gasteiger partial charge in [-0.25, -0.2) is 5.01 Å². The average molecular weight is 431 g/mol. The second-order valence-electron chi connectivity index (χ2n) is 6.18. The summed E-state index contributed by atoms with van der Waals surface area (Å²) >= 11 is 3.47. The zero-order chi connectivity index (χ0) is 19.6. The molecule has 2 aromatic carbocycles. The lowest BCUT2D eigenvalue weighted by molar-refractivity contribution is -0.117. The molecule has 0 unspecified atom stereocenters. The molecule has 0 aromatic heterocycles. The van der Waals surface area contributed by atoms with Crippen molar-refractivity contribution < 1.29 is 19.1 Å². The van der Waals surface area contributed by atoms with Crippen molar-refractivity contribution in [2.75, 3.05) is 12.1 Å². The summed E-state index contributed by atoms with van der Waals surface area (Å²) in [5.74, 6) is 0.212. The van der Waals surface area contributed by atoms with Gasteiger partial charge in [0.1, 0.15) is 5.57 Å². The number of halogens is 1. The zero-order valence-corrected chi connectivity index (χ0v) is 16.7. The third-order valence-electron chi connectivity index (χ3n) is 3.82. The van der Waals surface area contributed by atoms with E-state index >= 15 is 0 Å². The number of hydrazine groups is 1. The highest BCUT2D eigenvalue weighted by Gasteiger charge is 2.34. The van der Waals surface area contributed by atoms with Gasteiger partial charge in [0.05, 0.1) is 23.4 Å². The number of nitrogens with zero attached hydrogens (tertiary/aromatic N) is 1. The number of anilines is 1. The van der Waals surface area contributed by atoms with E-state index in [1.165, 1.54) is 18.2 Å². The maximum absolute atomic E-state index is 12.7. The highest BCUT2D eigenvalue weighted by atomic mass is 79.9. The second-order valence-corrected chi connectivity index (χ2v) is 7.03. The molecule has 2 amide bonds. The maximum atomic E-state index is 12.7. The van der Waals surface area contributed by atoms with Crippen molar-refractivity contribution in [3.63, 3.8) is 0 Å². The standard InChI is InChI=1S/C20H19BrN2O4/c1-12(2)27-18-16(21)10-13(11-17(18)26-3)9-15-19(24)22-23(20(15)25)14-7-5-4-6-8-14/h4-12H,1-3H3,(H,22,24)/b15-9-. The monoisotopic (exact) mass is 430 g/mol. The fourth-order valence-corrected chi connectivity index (χ4v) is 3.21. The van der Waals surface area contributed by atoms with Crippen LogP contribution in [0.4, 0.5) is 5.69 Å². The van der Waals surface area contributed by atoms with Crippen molar-refractivity contribution in [2.45, 2.75) is 20.0 Å². The lowest BCUT2D eigenvalue weighted by Gasteiger charge is -2.16. The van der Waals surface area contributed by atoms with Crippen LogP contribution in [0.1, 0.15) is 19.4 Å². The minimum Gasteiger partial charge on any atom is -0.493 e. The first-order chi connectivity index (χ1) is 12.9. The molecule has 3 rings (SSSR count). The average Bonchev–Trinajstić information content (AvgIpc) is 2.92. The number of carbonyl (C=O) groups is 2. The lowest BCUT2D eigenvalue weighted by atomic mass is 10.1. The minimum atomic E-state index is -0.457. The van der Waals surface area contributed by atoms with Crippen LogP contribution in [0.3, 0.4) is 0 Å². The molecule has 2 aromatic rings. The van der Waals surface area contributed by atoms with Crippen LogP contribution in [0.5, 0.6) is 11.5 Å². The molecule has 0 saturated carbocycles. The normalized spacial score (nSPS) is 15.4. The first-order valence-electron chi connectivity index (χ1n) is 8.37. The second kappa shape index (κ2) is 7.84. The van der Waals surface area contributed by atoms with Gasteiger partial charge in [0, 0.05) is 0 Å². The number of benzene rings is 2. The topological polar surface area (TPSA) is 67.9 Å². The predicted octanol–water partition coefficient (Wildman–Crippen LogP) is 3.71. The molecule has 140 valence electrons. The number of hydrogen-bond acceptors (Lipinski definition) is 4. The Kier molecular flexibility index (Phi) is 5.51. The Morgan fingerprint density at radius 2 is 1.85 bits per heavy atom. The number of hydrogen-bond donors (Lipinski definition) is 1. The third-order valence-corrected chi connectivity index (χ3v) is 4.41. The van der Waals surface area contributed by atoms with E-state index in [-0.39, 0.29) is 11.7 Å². The number of para-hydroxylation sites is 1. The molecule has 0 aliphatic carbocycles. The van der Waals surface area contributed by atoms with Crippen molar-refractivity contribution in [2.24, 2.45) is 0 Å². The summed E-state index contributed by atoms with van der Waals surface area (Å²) in [7, 11) is 1.54. The molecule has 1 N–H and O–H groups in total. The largest absolute Gasteiger partial charge is 0.493 e. The van der Waals surface area contributed by atoms with Gasteiger partial charge in [-0.15, -0.1) is 0 Å². The predicted molar refractivity (Wildman–Crippen MR) is 107 cm³/mol. The summed E-state index contributed by atoms with van der Waals surface area (Å²) in [5.41, 5.74) is 3.86. The Balaban J connectivity index is 1.95. The third kappa shape index (κ3) is 3.98. The first kappa shape index (κ1) is 19.0. The molecule has 1 aliphatic heterocycles. The molecular weight excluding hydrogens is 412 g/mol. The SMILES string of the molecule is COc1cc(/C=C2/C(=O)NN(c3ccccc3)C2=O)cc(Br)c1OC(C)C. The molecule has 1 fully saturated rings. The van der Waals surface area contributed by atoms with E-state index in [1.54, 1.807) is 36.4 Å². The molecule has 27 heavy (non-hydrogen) atoms. The summed E-state index contributed by atoms with van der Waals surface area (Å²) in [6.07, 6.45) is 1.51. The van der Waals surface area contributed by atoms with Crippen molar-refractivity contribution >= 4 is 39.5 Å². The lowest BCUT2D eigenvalue weighted by Crippen LogP contribution is -2.35. The molecule has 1 saturated heterocycles. The Bertz CT molecular complexity index is 910. The van der Waals surface area contributed by atoms with Gasteiger partial charge in [0.2, 0.25) is 0 Å². The Hall–Kier alpha value is -2.80. The number of methoxy groups -OCH3 is 1.